The molecule has 0 unspecified atom stereocenters. The van der Waals surface area contributed by atoms with E-state index in [4.69, 9.17) is 27.9 Å². The molecule has 3 aromatic rings. The second-order valence-corrected chi connectivity index (χ2v) is 5.93. The first kappa shape index (κ1) is 15.7. The van der Waals surface area contributed by atoms with Crippen LogP contribution < -0.4 is 4.74 Å². The topological polar surface area (TPSA) is 51.5 Å². The smallest absolute Gasteiger partial charge is 0.356 e. The highest BCUT2D eigenvalue weighted by Gasteiger charge is 2.23. The van der Waals surface area contributed by atoms with Gasteiger partial charge in [-0.25, -0.2) is 4.79 Å². The third kappa shape index (κ3) is 2.87. The van der Waals surface area contributed by atoms with Gasteiger partial charge in [0.25, 0.3) is 0 Å². The maximum Gasteiger partial charge on any atom is 0.356 e. The van der Waals surface area contributed by atoms with Crippen molar-refractivity contribution in [3.05, 3.63) is 63.8 Å². The number of carboxylic acid groups (broad SMARTS) is 1. The molecule has 3 rings (SSSR count). The molecule has 0 aliphatic carbocycles. The van der Waals surface area contributed by atoms with Crippen molar-refractivity contribution in [1.29, 1.82) is 0 Å². The van der Waals surface area contributed by atoms with Crippen LogP contribution in [0.15, 0.2) is 42.5 Å². The Morgan fingerprint density at radius 2 is 1.78 bits per heavy atom. The van der Waals surface area contributed by atoms with Crippen LogP contribution in [0, 0.1) is 0 Å². The maximum absolute atomic E-state index is 11.7. The molecule has 1 heterocycles. The highest BCUT2D eigenvalue weighted by molar-refractivity contribution is 6.31. The van der Waals surface area contributed by atoms with Crippen molar-refractivity contribution in [1.82, 2.24) is 4.57 Å². The molecule has 4 nitrogen and oxygen atoms in total. The predicted octanol–water partition coefficient (Wildman–Crippen LogP) is 4.70. The summed E-state index contributed by atoms with van der Waals surface area (Å²) in [7, 11) is 1.45. The molecule has 1 N–H and O–H groups in total. The monoisotopic (exact) mass is 349 g/mol. The minimum atomic E-state index is -1.05. The van der Waals surface area contributed by atoms with Gasteiger partial charge in [-0.3, -0.25) is 0 Å². The molecule has 0 saturated carbocycles. The number of halogens is 2. The average molecular weight is 350 g/mol. The lowest BCUT2D eigenvalue weighted by Crippen LogP contribution is -2.10. The van der Waals surface area contributed by atoms with Crippen LogP contribution in [0.1, 0.15) is 16.1 Å². The standard InChI is InChI=1S/C17H13Cl2NO3/c1-23-16-13-8-12(19)6-7-14(13)20(15(16)17(21)22)9-10-2-4-11(18)5-3-10/h2-8H,9H2,1H3,(H,21,22). The van der Waals surface area contributed by atoms with Crippen molar-refractivity contribution in [2.45, 2.75) is 6.54 Å². The molecule has 6 heteroatoms. The van der Waals surface area contributed by atoms with Crippen LogP contribution in [0.25, 0.3) is 10.9 Å². The zero-order valence-electron chi connectivity index (χ0n) is 12.2. The lowest BCUT2D eigenvalue weighted by molar-refractivity contribution is 0.0682. The van der Waals surface area contributed by atoms with Crippen molar-refractivity contribution < 1.29 is 14.6 Å². The molecule has 0 spiro atoms. The predicted molar refractivity (Wildman–Crippen MR) is 91.0 cm³/mol. The van der Waals surface area contributed by atoms with E-state index in [-0.39, 0.29) is 5.69 Å². The van der Waals surface area contributed by atoms with Crippen LogP contribution in [0.3, 0.4) is 0 Å². The summed E-state index contributed by atoms with van der Waals surface area (Å²) in [5.74, 6) is -0.743. The Balaban J connectivity index is 2.23. The van der Waals surface area contributed by atoms with Crippen molar-refractivity contribution in [2.75, 3.05) is 7.11 Å². The van der Waals surface area contributed by atoms with Crippen LogP contribution in [0.2, 0.25) is 10.0 Å². The minimum absolute atomic E-state index is 0.0970. The van der Waals surface area contributed by atoms with Crippen LogP contribution in [-0.2, 0) is 6.54 Å². The van der Waals surface area contributed by atoms with E-state index in [0.717, 1.165) is 11.1 Å². The Bertz CT molecular complexity index is 885. The molecule has 0 aliphatic rings. The molecular formula is C17H13Cl2NO3. The van der Waals surface area contributed by atoms with Gasteiger partial charge in [-0.15, -0.1) is 0 Å². The molecule has 0 radical (unpaired) electrons. The number of carboxylic acids is 1. The number of fused-ring (bicyclic) bond motifs is 1. The first-order valence-corrected chi connectivity index (χ1v) is 7.60. The molecule has 2 aromatic carbocycles. The van der Waals surface area contributed by atoms with Crippen LogP contribution in [-0.4, -0.2) is 22.8 Å². The van der Waals surface area contributed by atoms with Gasteiger partial charge in [0.1, 0.15) is 0 Å². The van der Waals surface area contributed by atoms with Crippen LogP contribution >= 0.6 is 23.2 Å². The molecule has 0 aliphatic heterocycles. The van der Waals surface area contributed by atoms with E-state index in [0.29, 0.717) is 27.7 Å². The number of hydrogen-bond acceptors (Lipinski definition) is 2. The number of methoxy groups -OCH3 is 1. The van der Waals surface area contributed by atoms with E-state index in [1.807, 2.05) is 12.1 Å². The summed E-state index contributed by atoms with van der Waals surface area (Å²) in [6.45, 7) is 0.389. The van der Waals surface area contributed by atoms with Gasteiger partial charge in [0.2, 0.25) is 0 Å². The van der Waals surface area contributed by atoms with Gasteiger partial charge >= 0.3 is 5.97 Å². The molecule has 0 fully saturated rings. The molecule has 1 aromatic heterocycles. The number of ether oxygens (including phenoxy) is 1. The fraction of sp³-hybridized carbons (Fsp3) is 0.118. The number of aromatic nitrogens is 1. The lowest BCUT2D eigenvalue weighted by Gasteiger charge is -2.09. The van der Waals surface area contributed by atoms with E-state index in [2.05, 4.69) is 0 Å². The largest absolute Gasteiger partial charge is 0.494 e. The third-order valence-corrected chi connectivity index (χ3v) is 4.13. The molecule has 23 heavy (non-hydrogen) atoms. The SMILES string of the molecule is COc1c(C(=O)O)n(Cc2ccc(Cl)cc2)c2ccc(Cl)cc12. The Morgan fingerprint density at radius 3 is 2.39 bits per heavy atom. The first-order chi connectivity index (χ1) is 11.0. The summed E-state index contributed by atoms with van der Waals surface area (Å²) in [6.07, 6.45) is 0. The lowest BCUT2D eigenvalue weighted by atomic mass is 10.2. The number of rotatable bonds is 4. The fourth-order valence-electron chi connectivity index (χ4n) is 2.65. The molecule has 0 bridgehead atoms. The summed E-state index contributed by atoms with van der Waals surface area (Å²) >= 11 is 11.9. The highest BCUT2D eigenvalue weighted by Crippen LogP contribution is 2.35. The number of nitrogens with zero attached hydrogens (tertiary/aromatic N) is 1. The zero-order valence-corrected chi connectivity index (χ0v) is 13.7. The summed E-state index contributed by atoms with van der Waals surface area (Å²) < 4.78 is 7.04. The van der Waals surface area contributed by atoms with Gasteiger partial charge in [-0.2, -0.15) is 0 Å². The van der Waals surface area contributed by atoms with Gasteiger partial charge in [-0.1, -0.05) is 35.3 Å². The second-order valence-electron chi connectivity index (χ2n) is 5.06. The van der Waals surface area contributed by atoms with E-state index < -0.39 is 5.97 Å². The van der Waals surface area contributed by atoms with Crippen LogP contribution in [0.5, 0.6) is 5.75 Å². The Morgan fingerprint density at radius 1 is 1.13 bits per heavy atom. The summed E-state index contributed by atoms with van der Waals surface area (Å²) in [6, 6.07) is 12.5. The Labute approximate surface area is 142 Å². The van der Waals surface area contributed by atoms with Crippen molar-refractivity contribution >= 4 is 40.1 Å². The molecule has 0 amide bonds. The zero-order chi connectivity index (χ0) is 16.6. The van der Waals surface area contributed by atoms with Gasteiger partial charge in [-0.05, 0) is 35.9 Å². The summed E-state index contributed by atoms with van der Waals surface area (Å²) in [5.41, 5.74) is 1.78. The van der Waals surface area contributed by atoms with Crippen molar-refractivity contribution in [3.8, 4) is 5.75 Å². The Hall–Kier alpha value is -2.17. The number of aromatic carboxylic acids is 1. The highest BCUT2D eigenvalue weighted by atomic mass is 35.5. The Kier molecular flexibility index (Phi) is 4.20. The quantitative estimate of drug-likeness (QED) is 0.742. The molecule has 118 valence electrons. The summed E-state index contributed by atoms with van der Waals surface area (Å²) in [4.78, 5) is 11.7. The van der Waals surface area contributed by atoms with Gasteiger partial charge in [0.15, 0.2) is 11.4 Å². The van der Waals surface area contributed by atoms with Crippen LogP contribution in [0.4, 0.5) is 0 Å². The average Bonchev–Trinajstić information content (AvgIpc) is 2.82. The van der Waals surface area contributed by atoms with Gasteiger partial charge in [0.05, 0.1) is 12.6 Å². The van der Waals surface area contributed by atoms with Crippen molar-refractivity contribution in [2.24, 2.45) is 0 Å². The normalized spacial score (nSPS) is 10.9. The molecular weight excluding hydrogens is 337 g/mol. The number of benzene rings is 2. The van der Waals surface area contributed by atoms with Gasteiger partial charge < -0.3 is 14.4 Å². The number of carbonyl (C=O) groups is 1. The molecule has 0 atom stereocenters. The third-order valence-electron chi connectivity index (χ3n) is 3.64. The second kappa shape index (κ2) is 6.14. The minimum Gasteiger partial charge on any atom is -0.494 e. The van der Waals surface area contributed by atoms with E-state index >= 15 is 0 Å². The van der Waals surface area contributed by atoms with Crippen molar-refractivity contribution in [3.63, 3.8) is 0 Å². The van der Waals surface area contributed by atoms with E-state index in [9.17, 15) is 9.90 Å². The van der Waals surface area contributed by atoms with Gasteiger partial charge in [0, 0.05) is 22.0 Å². The molecule has 0 saturated heterocycles. The number of hydrogen-bond donors (Lipinski definition) is 1. The summed E-state index contributed by atoms with van der Waals surface area (Å²) in [5, 5.41) is 11.4. The first-order valence-electron chi connectivity index (χ1n) is 6.84. The fourth-order valence-corrected chi connectivity index (χ4v) is 2.95. The van der Waals surface area contributed by atoms with E-state index in [1.54, 1.807) is 34.9 Å². The van der Waals surface area contributed by atoms with E-state index in [1.165, 1.54) is 7.11 Å². The maximum atomic E-state index is 11.7.